The minimum Gasteiger partial charge on any atom is -0.508 e. The number of benzene rings is 1. The van der Waals surface area contributed by atoms with Gasteiger partial charge in [-0.05, 0) is 12.8 Å². The minimum atomic E-state index is -1.37. The Kier molecular flexibility index (Phi) is 4.03. The van der Waals surface area contributed by atoms with Gasteiger partial charge in [-0.2, -0.15) is 15.3 Å². The van der Waals surface area contributed by atoms with Gasteiger partial charge in [-0.25, -0.2) is 8.78 Å². The first-order valence-electron chi connectivity index (χ1n) is 8.61. The fourth-order valence-corrected chi connectivity index (χ4v) is 3.71. The average Bonchev–Trinajstić information content (AvgIpc) is 3.03. The number of piperidine rings is 1. The van der Waals surface area contributed by atoms with E-state index in [4.69, 9.17) is 0 Å². The number of halogens is 2. The van der Waals surface area contributed by atoms with Crippen molar-refractivity contribution in [1.29, 1.82) is 5.26 Å². The number of H-pyrrole nitrogens is 1. The number of nitriles is 1. The molecule has 10 heteroatoms. The zero-order valence-corrected chi connectivity index (χ0v) is 14.9. The summed E-state index contributed by atoms with van der Waals surface area (Å²) in [4.78, 5) is 21.1. The molecule has 1 aliphatic heterocycles. The maximum absolute atomic E-state index is 14.3. The van der Waals surface area contributed by atoms with Gasteiger partial charge in [0, 0.05) is 37.8 Å². The van der Waals surface area contributed by atoms with Crippen LogP contribution in [0.25, 0.3) is 11.0 Å². The molecular weight excluding hydrogens is 370 g/mol. The quantitative estimate of drug-likeness (QED) is 0.694. The summed E-state index contributed by atoms with van der Waals surface area (Å²) in [5.74, 6) is -2.11. The second kappa shape index (κ2) is 6.30. The van der Waals surface area contributed by atoms with E-state index in [0.29, 0.717) is 17.0 Å². The Bertz CT molecular complexity index is 1150. The van der Waals surface area contributed by atoms with Crippen molar-refractivity contribution >= 4 is 17.0 Å². The monoisotopic (exact) mass is 386 g/mol. The van der Waals surface area contributed by atoms with Crippen molar-refractivity contribution in [3.63, 3.8) is 0 Å². The van der Waals surface area contributed by atoms with Crippen molar-refractivity contribution in [2.75, 3.05) is 18.0 Å². The molecule has 4 rings (SSSR count). The van der Waals surface area contributed by atoms with Gasteiger partial charge in [-0.1, -0.05) is 0 Å². The van der Waals surface area contributed by atoms with Crippen LogP contribution in [-0.4, -0.2) is 37.9 Å². The number of anilines is 1. The molecule has 0 saturated carbocycles. The number of aromatic nitrogens is 4. The zero-order chi connectivity index (χ0) is 20.1. The van der Waals surface area contributed by atoms with Crippen molar-refractivity contribution in [1.82, 2.24) is 19.7 Å². The molecule has 0 unspecified atom stereocenters. The molecule has 3 heterocycles. The molecule has 0 radical (unpaired) electrons. The molecule has 1 aliphatic rings. The highest BCUT2D eigenvalue weighted by atomic mass is 19.1. The van der Waals surface area contributed by atoms with Crippen LogP contribution in [0.1, 0.15) is 18.4 Å². The van der Waals surface area contributed by atoms with E-state index in [9.17, 15) is 23.9 Å². The van der Waals surface area contributed by atoms with E-state index in [1.54, 1.807) is 11.9 Å². The van der Waals surface area contributed by atoms with Crippen molar-refractivity contribution in [2.24, 2.45) is 7.05 Å². The Hall–Kier alpha value is -3.48. The van der Waals surface area contributed by atoms with E-state index in [2.05, 4.69) is 21.1 Å². The van der Waals surface area contributed by atoms with Gasteiger partial charge < -0.3 is 10.0 Å². The van der Waals surface area contributed by atoms with E-state index >= 15 is 0 Å². The first-order chi connectivity index (χ1) is 13.3. The number of aromatic amines is 1. The van der Waals surface area contributed by atoms with Gasteiger partial charge in [0.15, 0.2) is 5.65 Å². The van der Waals surface area contributed by atoms with Crippen LogP contribution in [0.4, 0.5) is 14.7 Å². The standard InChI is InChI=1S/C18H16F2N6O2/c1-25-15-11(8-22-25)16(28)24-17(23-15)26-4-2-18(9-21,3-5-26)14-12(19)6-10(27)7-13(14)20/h6-8,27H,2-5H2,1H3,(H,23,24,28). The highest BCUT2D eigenvalue weighted by Gasteiger charge is 2.41. The van der Waals surface area contributed by atoms with Crippen LogP contribution in [-0.2, 0) is 12.5 Å². The van der Waals surface area contributed by atoms with Gasteiger partial charge >= 0.3 is 0 Å². The molecule has 0 spiro atoms. The topological polar surface area (TPSA) is 111 Å². The van der Waals surface area contributed by atoms with E-state index in [0.717, 1.165) is 12.1 Å². The van der Waals surface area contributed by atoms with Gasteiger partial charge in [0.2, 0.25) is 5.95 Å². The minimum absolute atomic E-state index is 0.134. The molecule has 0 atom stereocenters. The number of fused-ring (bicyclic) bond motifs is 1. The van der Waals surface area contributed by atoms with Crippen LogP contribution < -0.4 is 10.5 Å². The van der Waals surface area contributed by atoms with Crippen molar-refractivity contribution in [2.45, 2.75) is 18.3 Å². The third-order valence-corrected chi connectivity index (χ3v) is 5.23. The number of rotatable bonds is 2. The summed E-state index contributed by atoms with van der Waals surface area (Å²) in [7, 11) is 1.67. The normalized spacial score (nSPS) is 16.3. The maximum Gasteiger partial charge on any atom is 0.263 e. The Balaban J connectivity index is 1.67. The summed E-state index contributed by atoms with van der Waals surface area (Å²) in [5, 5.41) is 23.5. The molecule has 0 amide bonds. The Morgan fingerprint density at radius 3 is 2.54 bits per heavy atom. The highest BCUT2D eigenvalue weighted by molar-refractivity contribution is 5.74. The SMILES string of the molecule is Cn1ncc2c(=O)[nH]c(N3CCC(C#N)(c4c(F)cc(O)cc4F)CC3)nc21. The number of nitrogens with zero attached hydrogens (tertiary/aromatic N) is 5. The van der Waals surface area contributed by atoms with Gasteiger partial charge in [-0.3, -0.25) is 14.5 Å². The van der Waals surface area contributed by atoms with Crippen LogP contribution >= 0.6 is 0 Å². The van der Waals surface area contributed by atoms with Crippen LogP contribution in [0.2, 0.25) is 0 Å². The molecule has 2 aromatic heterocycles. The Morgan fingerprint density at radius 2 is 1.93 bits per heavy atom. The number of aryl methyl sites for hydroxylation is 1. The van der Waals surface area contributed by atoms with Gasteiger partial charge in [-0.15, -0.1) is 0 Å². The molecule has 2 N–H and O–H groups in total. The van der Waals surface area contributed by atoms with Crippen molar-refractivity contribution < 1.29 is 13.9 Å². The van der Waals surface area contributed by atoms with Gasteiger partial charge in [0.05, 0.1) is 17.7 Å². The number of aromatic hydroxyl groups is 1. The van der Waals surface area contributed by atoms with Crippen LogP contribution in [0.3, 0.4) is 0 Å². The van der Waals surface area contributed by atoms with E-state index in [1.165, 1.54) is 10.9 Å². The molecule has 1 saturated heterocycles. The Morgan fingerprint density at radius 1 is 1.29 bits per heavy atom. The smallest absolute Gasteiger partial charge is 0.263 e. The van der Waals surface area contributed by atoms with Crippen molar-refractivity contribution in [3.05, 3.63) is 45.9 Å². The van der Waals surface area contributed by atoms with E-state index in [1.807, 2.05) is 0 Å². The van der Waals surface area contributed by atoms with Crippen molar-refractivity contribution in [3.8, 4) is 11.8 Å². The molecule has 3 aromatic rings. The fraction of sp³-hybridized carbons (Fsp3) is 0.333. The molecule has 1 fully saturated rings. The summed E-state index contributed by atoms with van der Waals surface area (Å²) in [6.07, 6.45) is 1.70. The third-order valence-electron chi connectivity index (χ3n) is 5.23. The third kappa shape index (κ3) is 2.67. The fourth-order valence-electron chi connectivity index (χ4n) is 3.71. The largest absolute Gasteiger partial charge is 0.508 e. The summed E-state index contributed by atoms with van der Waals surface area (Å²) >= 11 is 0. The molecule has 0 aliphatic carbocycles. The van der Waals surface area contributed by atoms with Crippen LogP contribution in [0.15, 0.2) is 23.1 Å². The number of nitrogens with one attached hydrogen (secondary N) is 1. The molecule has 144 valence electrons. The zero-order valence-electron chi connectivity index (χ0n) is 14.9. The molecule has 1 aromatic carbocycles. The Labute approximate surface area is 157 Å². The predicted octanol–water partition coefficient (Wildman–Crippen LogP) is 1.70. The lowest BCUT2D eigenvalue weighted by molar-refractivity contribution is 0.374. The van der Waals surface area contributed by atoms with Gasteiger partial charge in [0.25, 0.3) is 5.56 Å². The molecule has 8 nitrogen and oxygen atoms in total. The maximum atomic E-state index is 14.3. The first-order valence-corrected chi connectivity index (χ1v) is 8.61. The molecular formula is C18H16F2N6O2. The second-order valence-electron chi connectivity index (χ2n) is 6.86. The summed E-state index contributed by atoms with van der Waals surface area (Å²) < 4.78 is 30.2. The highest BCUT2D eigenvalue weighted by Crippen LogP contribution is 2.39. The summed E-state index contributed by atoms with van der Waals surface area (Å²) in [6.45, 7) is 0.527. The van der Waals surface area contributed by atoms with E-state index in [-0.39, 0.29) is 37.1 Å². The predicted molar refractivity (Wildman–Crippen MR) is 95.9 cm³/mol. The number of hydrogen-bond acceptors (Lipinski definition) is 6. The first kappa shape index (κ1) is 17.9. The lowest BCUT2D eigenvalue weighted by atomic mass is 9.73. The molecule has 28 heavy (non-hydrogen) atoms. The summed E-state index contributed by atoms with van der Waals surface area (Å²) in [5.41, 5.74) is -1.61. The number of hydrogen-bond donors (Lipinski definition) is 2. The number of phenolic OH excluding ortho intramolecular Hbond substituents is 1. The lowest BCUT2D eigenvalue weighted by Gasteiger charge is -2.38. The summed E-state index contributed by atoms with van der Waals surface area (Å²) in [6, 6.07) is 3.67. The average molecular weight is 386 g/mol. The van der Waals surface area contributed by atoms with Gasteiger partial charge in [0.1, 0.15) is 22.8 Å². The van der Waals surface area contributed by atoms with Crippen LogP contribution in [0.5, 0.6) is 5.75 Å². The second-order valence-corrected chi connectivity index (χ2v) is 6.86. The number of phenols is 1. The lowest BCUT2D eigenvalue weighted by Crippen LogP contribution is -2.44. The molecule has 0 bridgehead atoms. The van der Waals surface area contributed by atoms with E-state index < -0.39 is 22.8 Å². The van der Waals surface area contributed by atoms with Crippen LogP contribution in [0, 0.1) is 23.0 Å².